The maximum atomic E-state index is 11.5. The summed E-state index contributed by atoms with van der Waals surface area (Å²) in [5.74, 6) is 1.57. The molecular formula is C12H16N2O2S. The maximum absolute atomic E-state index is 11.5. The number of carbonyl (C=O) groups is 1. The molecule has 0 aliphatic carbocycles. The molecule has 2 rings (SSSR count). The van der Waals surface area contributed by atoms with Crippen molar-refractivity contribution in [2.75, 3.05) is 30.6 Å². The highest BCUT2D eigenvalue weighted by Crippen LogP contribution is 2.33. The van der Waals surface area contributed by atoms with Crippen molar-refractivity contribution in [1.29, 1.82) is 0 Å². The molecule has 1 heterocycles. The number of nitrogens with zero attached hydrogens (tertiary/aromatic N) is 1. The molecule has 0 saturated carbocycles. The molecule has 0 bridgehead atoms. The standard InChI is InChI=1S/C12H16N2O2S/c1-14-10-5-8(9(13)7-17-2)3-4-11(10)16-6-12(14)15/h3-5,9H,6-7,13H2,1-2H3. The lowest BCUT2D eigenvalue weighted by Gasteiger charge is -2.27. The number of likely N-dealkylation sites (N-methyl/N-ethyl adjacent to an activating group) is 1. The summed E-state index contributed by atoms with van der Waals surface area (Å²) in [6, 6.07) is 5.77. The normalized spacial score (nSPS) is 16.4. The fraction of sp³-hybridized carbons (Fsp3) is 0.417. The zero-order chi connectivity index (χ0) is 12.4. The number of carbonyl (C=O) groups excluding carboxylic acids is 1. The lowest BCUT2D eigenvalue weighted by atomic mass is 10.1. The fourth-order valence-corrected chi connectivity index (χ4v) is 2.35. The molecule has 1 aliphatic heterocycles. The van der Waals surface area contributed by atoms with Crippen molar-refractivity contribution in [1.82, 2.24) is 0 Å². The molecular weight excluding hydrogens is 236 g/mol. The Hall–Kier alpha value is -1.20. The van der Waals surface area contributed by atoms with Crippen LogP contribution in [-0.2, 0) is 4.79 Å². The van der Waals surface area contributed by atoms with Gasteiger partial charge >= 0.3 is 0 Å². The van der Waals surface area contributed by atoms with Crippen LogP contribution in [0.4, 0.5) is 5.69 Å². The summed E-state index contributed by atoms with van der Waals surface area (Å²) in [5.41, 5.74) is 7.89. The van der Waals surface area contributed by atoms with E-state index < -0.39 is 0 Å². The van der Waals surface area contributed by atoms with E-state index in [1.54, 1.807) is 23.7 Å². The number of amides is 1. The van der Waals surface area contributed by atoms with Crippen LogP contribution in [0.3, 0.4) is 0 Å². The number of fused-ring (bicyclic) bond motifs is 1. The highest BCUT2D eigenvalue weighted by atomic mass is 32.2. The van der Waals surface area contributed by atoms with E-state index in [1.807, 2.05) is 24.5 Å². The van der Waals surface area contributed by atoms with Gasteiger partial charge in [0.15, 0.2) is 6.61 Å². The van der Waals surface area contributed by atoms with Crippen LogP contribution < -0.4 is 15.4 Å². The molecule has 1 aromatic rings. The Morgan fingerprint density at radius 2 is 2.35 bits per heavy atom. The molecule has 1 aliphatic rings. The van der Waals surface area contributed by atoms with Gasteiger partial charge in [-0.25, -0.2) is 0 Å². The van der Waals surface area contributed by atoms with Crippen LogP contribution in [0.5, 0.6) is 5.75 Å². The highest BCUT2D eigenvalue weighted by Gasteiger charge is 2.22. The summed E-state index contributed by atoms with van der Waals surface area (Å²) in [6.07, 6.45) is 2.02. The monoisotopic (exact) mass is 252 g/mol. The first-order valence-electron chi connectivity index (χ1n) is 5.41. The number of nitrogens with two attached hydrogens (primary N) is 1. The van der Waals surface area contributed by atoms with Gasteiger partial charge in [-0.2, -0.15) is 11.8 Å². The molecule has 2 N–H and O–H groups in total. The Bertz CT molecular complexity index is 437. The Morgan fingerprint density at radius 1 is 1.59 bits per heavy atom. The SMILES string of the molecule is CSCC(N)c1ccc2c(c1)N(C)C(=O)CO2. The Labute approximate surface area is 105 Å². The molecule has 1 atom stereocenters. The maximum Gasteiger partial charge on any atom is 0.264 e. The van der Waals surface area contributed by atoms with Crippen molar-refractivity contribution in [3.8, 4) is 5.75 Å². The van der Waals surface area contributed by atoms with Crippen molar-refractivity contribution in [3.63, 3.8) is 0 Å². The molecule has 0 radical (unpaired) electrons. The van der Waals surface area contributed by atoms with E-state index in [0.717, 1.165) is 22.8 Å². The number of hydrogen-bond donors (Lipinski definition) is 1. The van der Waals surface area contributed by atoms with E-state index in [1.165, 1.54) is 0 Å². The number of ether oxygens (including phenoxy) is 1. The summed E-state index contributed by atoms with van der Waals surface area (Å²) >= 11 is 1.71. The van der Waals surface area contributed by atoms with Crippen molar-refractivity contribution >= 4 is 23.4 Å². The van der Waals surface area contributed by atoms with Crippen LogP contribution in [0, 0.1) is 0 Å². The van der Waals surface area contributed by atoms with Gasteiger partial charge in [-0.15, -0.1) is 0 Å². The van der Waals surface area contributed by atoms with Gasteiger partial charge in [-0.05, 0) is 24.0 Å². The van der Waals surface area contributed by atoms with Crippen LogP contribution in [0.15, 0.2) is 18.2 Å². The molecule has 0 fully saturated rings. The van der Waals surface area contributed by atoms with Crippen molar-refractivity contribution in [2.45, 2.75) is 6.04 Å². The largest absolute Gasteiger partial charge is 0.482 e. The molecule has 0 saturated heterocycles. The zero-order valence-electron chi connectivity index (χ0n) is 9.97. The molecule has 5 heteroatoms. The second kappa shape index (κ2) is 4.98. The van der Waals surface area contributed by atoms with Crippen LogP contribution in [0.25, 0.3) is 0 Å². The molecule has 1 unspecified atom stereocenters. The molecule has 0 spiro atoms. The van der Waals surface area contributed by atoms with Gasteiger partial charge in [0.1, 0.15) is 5.75 Å². The van der Waals surface area contributed by atoms with Gasteiger partial charge in [-0.1, -0.05) is 6.07 Å². The summed E-state index contributed by atoms with van der Waals surface area (Å²) in [6.45, 7) is 0.111. The minimum Gasteiger partial charge on any atom is -0.482 e. The topological polar surface area (TPSA) is 55.6 Å². The predicted molar refractivity (Wildman–Crippen MR) is 70.7 cm³/mol. The molecule has 1 amide bonds. The second-order valence-electron chi connectivity index (χ2n) is 4.03. The van der Waals surface area contributed by atoms with Gasteiger partial charge in [-0.3, -0.25) is 4.79 Å². The van der Waals surface area contributed by atoms with Gasteiger partial charge in [0.05, 0.1) is 5.69 Å². The average molecular weight is 252 g/mol. The van der Waals surface area contributed by atoms with E-state index in [9.17, 15) is 4.79 Å². The third-order valence-electron chi connectivity index (χ3n) is 2.84. The molecule has 17 heavy (non-hydrogen) atoms. The first-order valence-corrected chi connectivity index (χ1v) is 6.80. The van der Waals surface area contributed by atoms with Crippen LogP contribution in [0.1, 0.15) is 11.6 Å². The number of thioether (sulfide) groups is 1. The van der Waals surface area contributed by atoms with Crippen LogP contribution >= 0.6 is 11.8 Å². The molecule has 92 valence electrons. The van der Waals surface area contributed by atoms with E-state index in [4.69, 9.17) is 10.5 Å². The lowest BCUT2D eigenvalue weighted by Crippen LogP contribution is -2.35. The Kier molecular flexibility index (Phi) is 3.59. The Morgan fingerprint density at radius 3 is 3.06 bits per heavy atom. The van der Waals surface area contributed by atoms with E-state index in [2.05, 4.69) is 0 Å². The summed E-state index contributed by atoms with van der Waals surface area (Å²) < 4.78 is 5.36. The molecule has 4 nitrogen and oxygen atoms in total. The fourth-order valence-electron chi connectivity index (χ4n) is 1.80. The van der Waals surface area contributed by atoms with E-state index in [-0.39, 0.29) is 18.6 Å². The van der Waals surface area contributed by atoms with Crippen molar-refractivity contribution in [3.05, 3.63) is 23.8 Å². The number of benzene rings is 1. The van der Waals surface area contributed by atoms with Crippen molar-refractivity contribution < 1.29 is 9.53 Å². The van der Waals surface area contributed by atoms with Gasteiger partial charge in [0.2, 0.25) is 0 Å². The molecule has 1 aromatic carbocycles. The number of hydrogen-bond acceptors (Lipinski definition) is 4. The first-order chi connectivity index (χ1) is 8.13. The summed E-state index contributed by atoms with van der Waals surface area (Å²) in [5, 5.41) is 0. The summed E-state index contributed by atoms with van der Waals surface area (Å²) in [7, 11) is 1.76. The van der Waals surface area contributed by atoms with Crippen LogP contribution in [0.2, 0.25) is 0 Å². The van der Waals surface area contributed by atoms with Gasteiger partial charge < -0.3 is 15.4 Å². The van der Waals surface area contributed by atoms with Crippen LogP contribution in [-0.4, -0.2) is 31.6 Å². The molecule has 0 aromatic heterocycles. The third-order valence-corrected chi connectivity index (χ3v) is 3.54. The zero-order valence-corrected chi connectivity index (χ0v) is 10.8. The van der Waals surface area contributed by atoms with E-state index in [0.29, 0.717) is 0 Å². The Balaban J connectivity index is 2.32. The number of rotatable bonds is 3. The quantitative estimate of drug-likeness (QED) is 0.883. The average Bonchev–Trinajstić information content (AvgIpc) is 2.34. The first kappa shape index (κ1) is 12.3. The smallest absolute Gasteiger partial charge is 0.264 e. The second-order valence-corrected chi connectivity index (χ2v) is 4.94. The summed E-state index contributed by atoms with van der Waals surface area (Å²) in [4.78, 5) is 13.1. The number of anilines is 1. The minimum absolute atomic E-state index is 0.0132. The highest BCUT2D eigenvalue weighted by molar-refractivity contribution is 7.98. The van der Waals surface area contributed by atoms with E-state index >= 15 is 0 Å². The minimum atomic E-state index is -0.0342. The lowest BCUT2D eigenvalue weighted by molar-refractivity contribution is -0.120. The van der Waals surface area contributed by atoms with Crippen molar-refractivity contribution in [2.24, 2.45) is 5.73 Å². The third kappa shape index (κ3) is 2.40. The predicted octanol–water partition coefficient (Wildman–Crippen LogP) is 1.40. The van der Waals surface area contributed by atoms with Gasteiger partial charge in [0.25, 0.3) is 5.91 Å². The van der Waals surface area contributed by atoms with Gasteiger partial charge in [0, 0.05) is 18.8 Å².